The van der Waals surface area contributed by atoms with Crippen LogP contribution in [-0.4, -0.2) is 71.6 Å². The summed E-state index contributed by atoms with van der Waals surface area (Å²) in [5.41, 5.74) is 3.56. The number of para-hydroxylation sites is 1. The number of hydrogen-bond donors (Lipinski definition) is 0. The van der Waals surface area contributed by atoms with Gasteiger partial charge in [0.2, 0.25) is 0 Å². The number of piperidine rings is 2. The summed E-state index contributed by atoms with van der Waals surface area (Å²) < 4.78 is 2.53. The highest BCUT2D eigenvalue weighted by molar-refractivity contribution is 5.81. The third-order valence-corrected chi connectivity index (χ3v) is 7.97. The molecule has 4 heteroatoms. The molecule has 5 rings (SSSR count). The topological polar surface area (TPSA) is 14.7 Å². The molecule has 0 radical (unpaired) electrons. The van der Waals surface area contributed by atoms with Crippen LogP contribution in [0.5, 0.6) is 0 Å². The number of benzene rings is 1. The highest BCUT2D eigenvalue weighted by Crippen LogP contribution is 2.41. The summed E-state index contributed by atoms with van der Waals surface area (Å²) in [4.78, 5) is 7.96. The Labute approximate surface area is 170 Å². The van der Waals surface area contributed by atoms with Crippen molar-refractivity contribution in [3.8, 4) is 0 Å². The fourth-order valence-corrected chi connectivity index (χ4v) is 5.89. The van der Waals surface area contributed by atoms with Crippen LogP contribution in [0, 0.1) is 5.41 Å². The molecule has 1 unspecified atom stereocenters. The average Bonchev–Trinajstić information content (AvgIpc) is 3.09. The zero-order chi connectivity index (χ0) is 19.1. The zero-order valence-electron chi connectivity index (χ0n) is 17.7. The number of likely N-dealkylation sites (tertiary alicyclic amines) is 2. The van der Waals surface area contributed by atoms with Gasteiger partial charge in [-0.25, -0.2) is 0 Å². The fraction of sp³-hybridized carbons (Fsp3) is 0.667. The van der Waals surface area contributed by atoms with Crippen molar-refractivity contribution in [1.29, 1.82) is 0 Å². The van der Waals surface area contributed by atoms with Crippen molar-refractivity contribution in [1.82, 2.24) is 19.3 Å². The Balaban J connectivity index is 1.17. The highest BCUT2D eigenvalue weighted by atomic mass is 15.3. The predicted molar refractivity (Wildman–Crippen MR) is 117 cm³/mol. The highest BCUT2D eigenvalue weighted by Gasteiger charge is 2.37. The Morgan fingerprint density at radius 2 is 1.64 bits per heavy atom. The van der Waals surface area contributed by atoms with Crippen molar-refractivity contribution in [3.63, 3.8) is 0 Å². The van der Waals surface area contributed by atoms with Crippen molar-refractivity contribution in [3.05, 3.63) is 36.0 Å². The first-order valence-corrected chi connectivity index (χ1v) is 11.3. The number of rotatable bonds is 3. The van der Waals surface area contributed by atoms with Crippen LogP contribution < -0.4 is 0 Å². The second-order valence-electron chi connectivity index (χ2n) is 9.77. The van der Waals surface area contributed by atoms with Gasteiger partial charge >= 0.3 is 0 Å². The molecule has 2 fully saturated rings. The largest absolute Gasteiger partial charge is 0.342 e. The number of hydrogen-bond acceptors (Lipinski definition) is 3. The molecule has 2 aromatic rings. The summed E-state index contributed by atoms with van der Waals surface area (Å²) in [5, 5.41) is 1.40. The summed E-state index contributed by atoms with van der Waals surface area (Å²) in [5.74, 6) is 0. The van der Waals surface area contributed by atoms with Crippen LogP contribution in [0.25, 0.3) is 10.9 Å². The third kappa shape index (κ3) is 3.51. The predicted octanol–water partition coefficient (Wildman–Crippen LogP) is 3.65. The summed E-state index contributed by atoms with van der Waals surface area (Å²) >= 11 is 0. The Hall–Kier alpha value is -1.36. The van der Waals surface area contributed by atoms with E-state index in [0.29, 0.717) is 11.5 Å². The lowest BCUT2D eigenvalue weighted by atomic mass is 9.71. The van der Waals surface area contributed by atoms with Crippen LogP contribution in [0.3, 0.4) is 0 Å². The van der Waals surface area contributed by atoms with Crippen LogP contribution in [0.2, 0.25) is 0 Å². The molecule has 2 saturated heterocycles. The van der Waals surface area contributed by atoms with E-state index in [9.17, 15) is 0 Å². The fourth-order valence-electron chi connectivity index (χ4n) is 5.89. The molecule has 0 saturated carbocycles. The standard InChI is InChI=1S/C24H36N4/c1-20(27-13-9-24(10-14-27)7-11-25(2)12-8-24)18-26-15-16-28-22(19-26)17-21-5-3-4-6-23(21)28/h3-6,17,20H,7-16,18-19H2,1-2H3. The number of fused-ring (bicyclic) bond motifs is 3. The van der Waals surface area contributed by atoms with E-state index in [1.165, 1.54) is 81.5 Å². The first-order valence-electron chi connectivity index (χ1n) is 11.3. The second kappa shape index (κ2) is 7.47. The maximum Gasteiger partial charge on any atom is 0.0483 e. The van der Waals surface area contributed by atoms with E-state index in [0.717, 1.165) is 13.1 Å². The molecule has 152 valence electrons. The minimum atomic E-state index is 0.661. The van der Waals surface area contributed by atoms with Gasteiger partial charge < -0.3 is 9.47 Å². The van der Waals surface area contributed by atoms with Gasteiger partial charge in [0.25, 0.3) is 0 Å². The molecular formula is C24H36N4. The van der Waals surface area contributed by atoms with Gasteiger partial charge in [0, 0.05) is 43.4 Å². The van der Waals surface area contributed by atoms with E-state index in [2.05, 4.69) is 63.6 Å². The summed E-state index contributed by atoms with van der Waals surface area (Å²) in [6, 6.07) is 11.9. The van der Waals surface area contributed by atoms with Gasteiger partial charge in [0.05, 0.1) is 0 Å². The molecule has 3 aliphatic heterocycles. The first kappa shape index (κ1) is 18.7. The zero-order valence-corrected chi connectivity index (χ0v) is 17.7. The third-order valence-electron chi connectivity index (χ3n) is 7.97. The molecule has 28 heavy (non-hydrogen) atoms. The molecule has 4 nitrogen and oxygen atoms in total. The molecule has 0 bridgehead atoms. The molecule has 1 aromatic carbocycles. The molecule has 3 aliphatic rings. The van der Waals surface area contributed by atoms with E-state index in [-0.39, 0.29) is 0 Å². The van der Waals surface area contributed by atoms with Crippen LogP contribution in [0.4, 0.5) is 0 Å². The molecule has 4 heterocycles. The van der Waals surface area contributed by atoms with Gasteiger partial charge in [0.15, 0.2) is 0 Å². The first-order chi connectivity index (χ1) is 13.6. The Morgan fingerprint density at radius 1 is 0.929 bits per heavy atom. The van der Waals surface area contributed by atoms with Gasteiger partial charge in [-0.05, 0) is 88.8 Å². The van der Waals surface area contributed by atoms with Gasteiger partial charge in [0.1, 0.15) is 0 Å². The van der Waals surface area contributed by atoms with E-state index in [1.54, 1.807) is 0 Å². The number of nitrogens with zero attached hydrogens (tertiary/aromatic N) is 4. The molecule has 1 aromatic heterocycles. The molecule has 0 N–H and O–H groups in total. The average molecular weight is 381 g/mol. The second-order valence-corrected chi connectivity index (χ2v) is 9.77. The maximum absolute atomic E-state index is 2.77. The van der Waals surface area contributed by atoms with Gasteiger partial charge in [-0.1, -0.05) is 18.2 Å². The summed E-state index contributed by atoms with van der Waals surface area (Å²) in [6.45, 7) is 12.3. The lowest BCUT2D eigenvalue weighted by molar-refractivity contribution is 0.0203. The SMILES string of the molecule is CC(CN1CCn2c(cc3ccccc32)C1)N1CCC2(CCN(C)CC2)CC1. The van der Waals surface area contributed by atoms with Crippen LogP contribution >= 0.6 is 0 Å². The van der Waals surface area contributed by atoms with Crippen molar-refractivity contribution < 1.29 is 0 Å². The molecular weight excluding hydrogens is 344 g/mol. The van der Waals surface area contributed by atoms with E-state index in [4.69, 9.17) is 0 Å². The smallest absolute Gasteiger partial charge is 0.0483 e. The van der Waals surface area contributed by atoms with Crippen LogP contribution in [-0.2, 0) is 13.1 Å². The summed E-state index contributed by atoms with van der Waals surface area (Å²) in [7, 11) is 2.28. The molecule has 1 atom stereocenters. The van der Waals surface area contributed by atoms with Gasteiger partial charge in [-0.2, -0.15) is 0 Å². The van der Waals surface area contributed by atoms with E-state index >= 15 is 0 Å². The lowest BCUT2D eigenvalue weighted by Gasteiger charge is -2.48. The minimum Gasteiger partial charge on any atom is -0.342 e. The number of aromatic nitrogens is 1. The van der Waals surface area contributed by atoms with Crippen molar-refractivity contribution >= 4 is 10.9 Å². The van der Waals surface area contributed by atoms with Crippen molar-refractivity contribution in [2.75, 3.05) is 46.3 Å². The van der Waals surface area contributed by atoms with Crippen molar-refractivity contribution in [2.24, 2.45) is 5.41 Å². The van der Waals surface area contributed by atoms with Gasteiger partial charge in [-0.3, -0.25) is 9.80 Å². The monoisotopic (exact) mass is 380 g/mol. The quantitative estimate of drug-likeness (QED) is 0.808. The van der Waals surface area contributed by atoms with Crippen molar-refractivity contribution in [2.45, 2.75) is 51.7 Å². The molecule has 1 spiro atoms. The Morgan fingerprint density at radius 3 is 2.43 bits per heavy atom. The molecule has 0 amide bonds. The summed E-state index contributed by atoms with van der Waals surface area (Å²) in [6.07, 6.45) is 5.67. The van der Waals surface area contributed by atoms with Gasteiger partial charge in [-0.15, -0.1) is 0 Å². The normalized spacial score (nSPS) is 25.2. The van der Waals surface area contributed by atoms with Crippen LogP contribution in [0.1, 0.15) is 38.3 Å². The maximum atomic E-state index is 2.77. The minimum absolute atomic E-state index is 0.661. The van der Waals surface area contributed by atoms with E-state index < -0.39 is 0 Å². The van der Waals surface area contributed by atoms with Crippen LogP contribution in [0.15, 0.2) is 30.3 Å². The lowest BCUT2D eigenvalue weighted by Crippen LogP contribution is -2.51. The Kier molecular flexibility index (Phi) is 4.98. The Bertz CT molecular complexity index is 807. The van der Waals surface area contributed by atoms with E-state index in [1.807, 2.05) is 0 Å². The molecule has 0 aliphatic carbocycles.